The van der Waals surface area contributed by atoms with Gasteiger partial charge in [0.15, 0.2) is 0 Å². The van der Waals surface area contributed by atoms with Gasteiger partial charge in [-0.25, -0.2) is 0 Å². The van der Waals surface area contributed by atoms with Gasteiger partial charge in [-0.3, -0.25) is 0 Å². The van der Waals surface area contributed by atoms with E-state index in [9.17, 15) is 5.11 Å². The number of hydrogen-bond donors (Lipinski definition) is 1. The Balaban J connectivity index is 1.82. The topological polar surface area (TPSA) is 57.2 Å². The molecule has 0 radical (unpaired) electrons. The lowest BCUT2D eigenvalue weighted by molar-refractivity contribution is -0.0636. The smallest absolute Gasteiger partial charge is 0.125 e. The first-order chi connectivity index (χ1) is 12.8. The Bertz CT molecular complexity index is 559. The summed E-state index contributed by atoms with van der Waals surface area (Å²) in [5.41, 5.74) is 0. The van der Waals surface area contributed by atoms with Crippen molar-refractivity contribution >= 4 is 0 Å². The molecule has 0 aliphatic rings. The lowest BCUT2D eigenvalue weighted by Crippen LogP contribution is -2.33. The third-order valence-electron chi connectivity index (χ3n) is 3.43. The highest BCUT2D eigenvalue weighted by Gasteiger charge is 2.15. The van der Waals surface area contributed by atoms with E-state index in [-0.39, 0.29) is 19.3 Å². The standard InChI is InChI=1S/C21H26O5/c1-2-13-23-14-18(22)15-24-21(16-25-19-9-5-3-6-10-19)17-26-20-11-7-4-8-12-20/h2-12,18,21-22H,1,13-17H2. The average molecular weight is 358 g/mol. The van der Waals surface area contributed by atoms with E-state index in [4.69, 9.17) is 18.9 Å². The molecule has 0 aliphatic heterocycles. The van der Waals surface area contributed by atoms with Gasteiger partial charge in [0.2, 0.25) is 0 Å². The summed E-state index contributed by atoms with van der Waals surface area (Å²) in [4.78, 5) is 0. The van der Waals surface area contributed by atoms with E-state index in [1.54, 1.807) is 6.08 Å². The summed E-state index contributed by atoms with van der Waals surface area (Å²) in [5, 5.41) is 9.93. The van der Waals surface area contributed by atoms with Gasteiger partial charge < -0.3 is 24.1 Å². The van der Waals surface area contributed by atoms with Crippen molar-refractivity contribution in [3.05, 3.63) is 73.3 Å². The van der Waals surface area contributed by atoms with Crippen molar-refractivity contribution in [2.24, 2.45) is 0 Å². The molecular weight excluding hydrogens is 332 g/mol. The number of rotatable bonds is 13. The Morgan fingerprint density at radius 3 is 1.85 bits per heavy atom. The predicted molar refractivity (Wildman–Crippen MR) is 101 cm³/mol. The molecule has 0 saturated carbocycles. The van der Waals surface area contributed by atoms with Crippen LogP contribution in [-0.2, 0) is 9.47 Å². The predicted octanol–water partition coefficient (Wildman–Crippen LogP) is 3.09. The molecule has 0 spiro atoms. The molecule has 1 atom stereocenters. The zero-order valence-corrected chi connectivity index (χ0v) is 14.8. The summed E-state index contributed by atoms with van der Waals surface area (Å²) in [6, 6.07) is 19.0. The molecule has 0 aliphatic carbocycles. The molecular formula is C21H26O5. The third kappa shape index (κ3) is 8.16. The number of para-hydroxylation sites is 2. The summed E-state index contributed by atoms with van der Waals surface area (Å²) >= 11 is 0. The second-order valence-corrected chi connectivity index (χ2v) is 5.68. The van der Waals surface area contributed by atoms with Crippen LogP contribution in [0, 0.1) is 0 Å². The molecule has 1 unspecified atom stereocenters. The lowest BCUT2D eigenvalue weighted by atomic mass is 10.3. The number of benzene rings is 2. The first-order valence-corrected chi connectivity index (χ1v) is 8.62. The first kappa shape index (κ1) is 20.0. The Kier molecular flexibility index (Phi) is 9.29. The zero-order valence-electron chi connectivity index (χ0n) is 14.8. The largest absolute Gasteiger partial charge is 0.491 e. The second-order valence-electron chi connectivity index (χ2n) is 5.68. The molecule has 0 heterocycles. The minimum atomic E-state index is -0.717. The molecule has 1 N–H and O–H groups in total. The quantitative estimate of drug-likeness (QED) is 0.440. The molecule has 5 nitrogen and oxygen atoms in total. The molecule has 0 amide bonds. The summed E-state index contributed by atoms with van der Waals surface area (Å²) in [6.45, 7) is 4.93. The van der Waals surface area contributed by atoms with Gasteiger partial charge in [0.25, 0.3) is 0 Å². The van der Waals surface area contributed by atoms with Crippen LogP contribution in [0.5, 0.6) is 11.5 Å². The van der Waals surface area contributed by atoms with Crippen molar-refractivity contribution in [2.75, 3.05) is 33.0 Å². The fourth-order valence-corrected chi connectivity index (χ4v) is 2.14. The Morgan fingerprint density at radius 1 is 0.808 bits per heavy atom. The Hall–Kier alpha value is -2.34. The number of ether oxygens (including phenoxy) is 4. The van der Waals surface area contributed by atoms with Crippen LogP contribution in [-0.4, -0.2) is 50.3 Å². The summed E-state index contributed by atoms with van der Waals surface area (Å²) in [5.74, 6) is 1.52. The van der Waals surface area contributed by atoms with E-state index < -0.39 is 6.10 Å². The monoisotopic (exact) mass is 358 g/mol. The van der Waals surface area contributed by atoms with Crippen LogP contribution in [0.4, 0.5) is 0 Å². The van der Waals surface area contributed by atoms with Crippen molar-refractivity contribution in [2.45, 2.75) is 12.2 Å². The first-order valence-electron chi connectivity index (χ1n) is 8.62. The molecule has 2 rings (SSSR count). The second kappa shape index (κ2) is 12.1. The molecule has 2 aromatic rings. The number of hydrogen-bond acceptors (Lipinski definition) is 5. The van der Waals surface area contributed by atoms with Crippen LogP contribution in [0.2, 0.25) is 0 Å². The maximum absolute atomic E-state index is 9.93. The van der Waals surface area contributed by atoms with Crippen molar-refractivity contribution in [1.29, 1.82) is 0 Å². The summed E-state index contributed by atoms with van der Waals surface area (Å²) in [6.07, 6.45) is 0.591. The van der Waals surface area contributed by atoms with E-state index in [0.29, 0.717) is 19.8 Å². The van der Waals surface area contributed by atoms with Gasteiger partial charge in [0, 0.05) is 0 Å². The molecule has 0 fully saturated rings. The van der Waals surface area contributed by atoms with Crippen LogP contribution in [0.15, 0.2) is 73.3 Å². The maximum atomic E-state index is 9.93. The molecule has 0 aromatic heterocycles. The van der Waals surface area contributed by atoms with Crippen LogP contribution in [0.25, 0.3) is 0 Å². The van der Waals surface area contributed by atoms with Gasteiger partial charge in [0.1, 0.15) is 36.9 Å². The van der Waals surface area contributed by atoms with Crippen molar-refractivity contribution in [1.82, 2.24) is 0 Å². The number of aliphatic hydroxyl groups is 1. The molecule has 0 bridgehead atoms. The average Bonchev–Trinajstić information content (AvgIpc) is 2.69. The fraction of sp³-hybridized carbons (Fsp3) is 0.333. The highest BCUT2D eigenvalue weighted by atomic mass is 16.6. The highest BCUT2D eigenvalue weighted by molar-refractivity contribution is 5.21. The zero-order chi connectivity index (χ0) is 18.5. The van der Waals surface area contributed by atoms with E-state index in [1.807, 2.05) is 60.7 Å². The van der Waals surface area contributed by atoms with Gasteiger partial charge in [-0.2, -0.15) is 0 Å². The lowest BCUT2D eigenvalue weighted by Gasteiger charge is -2.21. The highest BCUT2D eigenvalue weighted by Crippen LogP contribution is 2.12. The molecule has 0 saturated heterocycles. The van der Waals surface area contributed by atoms with Crippen molar-refractivity contribution in [3.8, 4) is 11.5 Å². The van der Waals surface area contributed by atoms with E-state index in [2.05, 4.69) is 6.58 Å². The maximum Gasteiger partial charge on any atom is 0.125 e. The molecule has 5 heteroatoms. The van der Waals surface area contributed by atoms with Gasteiger partial charge in [-0.15, -0.1) is 6.58 Å². The molecule has 140 valence electrons. The molecule has 2 aromatic carbocycles. The van der Waals surface area contributed by atoms with Crippen molar-refractivity contribution < 1.29 is 24.1 Å². The van der Waals surface area contributed by atoms with Crippen LogP contribution in [0.3, 0.4) is 0 Å². The summed E-state index contributed by atoms with van der Waals surface area (Å²) < 4.78 is 22.5. The van der Waals surface area contributed by atoms with E-state index in [0.717, 1.165) is 11.5 Å². The normalized spacial score (nSPS) is 11.9. The van der Waals surface area contributed by atoms with Crippen LogP contribution >= 0.6 is 0 Å². The van der Waals surface area contributed by atoms with Gasteiger partial charge in [-0.1, -0.05) is 42.5 Å². The van der Waals surface area contributed by atoms with E-state index in [1.165, 1.54) is 0 Å². The van der Waals surface area contributed by atoms with Crippen molar-refractivity contribution in [3.63, 3.8) is 0 Å². The fourth-order valence-electron chi connectivity index (χ4n) is 2.14. The Labute approximate surface area is 154 Å². The third-order valence-corrected chi connectivity index (χ3v) is 3.43. The molecule has 26 heavy (non-hydrogen) atoms. The number of aliphatic hydroxyl groups excluding tert-OH is 1. The minimum Gasteiger partial charge on any atom is -0.491 e. The van der Waals surface area contributed by atoms with Gasteiger partial charge in [0.05, 0.1) is 19.8 Å². The Morgan fingerprint density at radius 2 is 1.35 bits per heavy atom. The van der Waals surface area contributed by atoms with Crippen LogP contribution < -0.4 is 9.47 Å². The van der Waals surface area contributed by atoms with Gasteiger partial charge >= 0.3 is 0 Å². The SMILES string of the molecule is C=CCOCC(O)COC(COc1ccccc1)COc1ccccc1. The van der Waals surface area contributed by atoms with Crippen LogP contribution in [0.1, 0.15) is 0 Å². The van der Waals surface area contributed by atoms with Gasteiger partial charge in [-0.05, 0) is 24.3 Å². The minimum absolute atomic E-state index is 0.137. The van der Waals surface area contributed by atoms with E-state index >= 15 is 0 Å². The summed E-state index contributed by atoms with van der Waals surface area (Å²) in [7, 11) is 0.